The lowest BCUT2D eigenvalue weighted by atomic mass is 10.2. The Morgan fingerprint density at radius 3 is 2.32 bits per heavy atom. The van der Waals surface area contributed by atoms with E-state index in [1.54, 1.807) is 48.0 Å². The molecule has 9 nitrogen and oxygen atoms in total. The Morgan fingerprint density at radius 2 is 1.65 bits per heavy atom. The fourth-order valence-electron chi connectivity index (χ4n) is 2.83. The number of ether oxygens (including phenoxy) is 1. The number of sulfonamides is 1. The van der Waals surface area contributed by atoms with Crippen LogP contribution in [-0.2, 0) is 17.1 Å². The highest BCUT2D eigenvalue weighted by Gasteiger charge is 2.19. The molecular weight excluding hydrogens is 420 g/mol. The number of amides is 2. The molecule has 0 radical (unpaired) electrons. The number of hydrogen-bond donors (Lipinski definition) is 3. The van der Waals surface area contributed by atoms with Crippen LogP contribution in [0.25, 0.3) is 0 Å². The number of hydrogen-bond acceptors (Lipinski definition) is 5. The van der Waals surface area contributed by atoms with E-state index in [1.165, 1.54) is 31.4 Å². The second kappa shape index (κ2) is 8.92. The van der Waals surface area contributed by atoms with Crippen molar-refractivity contribution in [1.82, 2.24) is 15.4 Å². The van der Waals surface area contributed by atoms with Gasteiger partial charge in [0.15, 0.2) is 0 Å². The minimum Gasteiger partial charge on any atom is -0.495 e. The van der Waals surface area contributed by atoms with Crippen LogP contribution >= 0.6 is 0 Å². The van der Waals surface area contributed by atoms with Gasteiger partial charge < -0.3 is 9.30 Å². The van der Waals surface area contributed by atoms with E-state index in [0.29, 0.717) is 11.4 Å². The highest BCUT2D eigenvalue weighted by Crippen LogP contribution is 2.26. The van der Waals surface area contributed by atoms with Gasteiger partial charge in [-0.05, 0) is 49.4 Å². The molecule has 162 valence electrons. The Bertz CT molecular complexity index is 1230. The van der Waals surface area contributed by atoms with Crippen molar-refractivity contribution in [2.75, 3.05) is 11.8 Å². The number of methoxy groups -OCH3 is 1. The molecular formula is C21H22N4O5S. The molecule has 31 heavy (non-hydrogen) atoms. The van der Waals surface area contributed by atoms with E-state index in [-0.39, 0.29) is 16.1 Å². The zero-order valence-electron chi connectivity index (χ0n) is 17.2. The predicted molar refractivity (Wildman–Crippen MR) is 115 cm³/mol. The number of carbonyl (C=O) groups is 2. The lowest BCUT2D eigenvalue weighted by Gasteiger charge is -2.12. The first-order valence-electron chi connectivity index (χ1n) is 9.22. The third kappa shape index (κ3) is 4.86. The maximum absolute atomic E-state index is 12.8. The van der Waals surface area contributed by atoms with Crippen LogP contribution in [0.1, 0.15) is 26.5 Å². The van der Waals surface area contributed by atoms with E-state index in [9.17, 15) is 18.0 Å². The van der Waals surface area contributed by atoms with Gasteiger partial charge in [0, 0.05) is 18.3 Å². The third-order valence-electron chi connectivity index (χ3n) is 4.65. The number of aryl methyl sites for hydroxylation is 1. The second-order valence-corrected chi connectivity index (χ2v) is 8.34. The molecule has 0 saturated carbocycles. The summed E-state index contributed by atoms with van der Waals surface area (Å²) in [6.45, 7) is 1.85. The average molecular weight is 442 g/mol. The molecule has 3 aromatic rings. The van der Waals surface area contributed by atoms with Crippen molar-refractivity contribution >= 4 is 27.5 Å². The molecule has 3 N–H and O–H groups in total. The Kier molecular flexibility index (Phi) is 6.30. The maximum Gasteiger partial charge on any atom is 0.286 e. The summed E-state index contributed by atoms with van der Waals surface area (Å²) >= 11 is 0. The van der Waals surface area contributed by atoms with Gasteiger partial charge in [0.05, 0.1) is 17.7 Å². The lowest BCUT2D eigenvalue weighted by molar-refractivity contribution is 0.0842. The zero-order valence-corrected chi connectivity index (χ0v) is 18.0. The summed E-state index contributed by atoms with van der Waals surface area (Å²) in [5.74, 6) is -0.794. The summed E-state index contributed by atoms with van der Waals surface area (Å²) in [5, 5.41) is 0. The number of rotatable bonds is 6. The van der Waals surface area contributed by atoms with Crippen LogP contribution in [0.15, 0.2) is 65.6 Å². The zero-order chi connectivity index (χ0) is 22.6. The monoisotopic (exact) mass is 442 g/mol. The number of para-hydroxylation sites is 2. The quantitative estimate of drug-likeness (QED) is 0.506. The molecule has 0 aliphatic carbocycles. The van der Waals surface area contributed by atoms with E-state index in [1.807, 2.05) is 6.92 Å². The van der Waals surface area contributed by atoms with Crippen molar-refractivity contribution in [2.45, 2.75) is 11.8 Å². The van der Waals surface area contributed by atoms with E-state index in [2.05, 4.69) is 15.6 Å². The summed E-state index contributed by atoms with van der Waals surface area (Å²) in [7, 11) is -0.815. The third-order valence-corrected chi connectivity index (χ3v) is 6.02. The standard InChI is InChI=1S/C21H22N4O5S/c1-14-11-12-18(25(14)2)21(27)23-22-20(26)15-7-6-8-16(13-15)31(28,29)24-17-9-4-5-10-19(17)30-3/h4-13,24H,1-3H3,(H,22,26)(H,23,27). The van der Waals surface area contributed by atoms with Crippen molar-refractivity contribution in [2.24, 2.45) is 7.05 Å². The number of anilines is 1. The van der Waals surface area contributed by atoms with Gasteiger partial charge in [-0.1, -0.05) is 18.2 Å². The molecule has 0 unspecified atom stereocenters. The van der Waals surface area contributed by atoms with Gasteiger partial charge in [-0.15, -0.1) is 0 Å². The van der Waals surface area contributed by atoms with Gasteiger partial charge in [0.25, 0.3) is 21.8 Å². The number of aromatic nitrogens is 1. The summed E-state index contributed by atoms with van der Waals surface area (Å²) in [6, 6.07) is 15.4. The molecule has 0 bridgehead atoms. The Hall–Kier alpha value is -3.79. The van der Waals surface area contributed by atoms with Gasteiger partial charge >= 0.3 is 0 Å². The smallest absolute Gasteiger partial charge is 0.286 e. The van der Waals surface area contributed by atoms with E-state index >= 15 is 0 Å². The number of benzene rings is 2. The minimum atomic E-state index is -3.98. The van der Waals surface area contributed by atoms with Crippen LogP contribution in [0.3, 0.4) is 0 Å². The predicted octanol–water partition coefficient (Wildman–Crippen LogP) is 2.22. The van der Waals surface area contributed by atoms with Gasteiger partial charge in [-0.3, -0.25) is 25.2 Å². The summed E-state index contributed by atoms with van der Waals surface area (Å²) < 4.78 is 34.8. The van der Waals surface area contributed by atoms with Crippen LogP contribution in [0, 0.1) is 6.92 Å². The highest BCUT2D eigenvalue weighted by molar-refractivity contribution is 7.92. The van der Waals surface area contributed by atoms with Crippen LogP contribution in [-0.4, -0.2) is 31.9 Å². The SMILES string of the molecule is COc1ccccc1NS(=O)(=O)c1cccc(C(=O)NNC(=O)c2ccc(C)n2C)c1. The second-order valence-electron chi connectivity index (χ2n) is 6.66. The molecule has 0 saturated heterocycles. The molecule has 0 atom stereocenters. The number of hydrazine groups is 1. The fraction of sp³-hybridized carbons (Fsp3) is 0.143. The number of carbonyl (C=O) groups excluding carboxylic acids is 2. The molecule has 1 heterocycles. The molecule has 0 spiro atoms. The Balaban J connectivity index is 1.73. The van der Waals surface area contributed by atoms with Crippen molar-refractivity contribution in [3.05, 3.63) is 77.6 Å². The normalized spacial score (nSPS) is 10.9. The van der Waals surface area contributed by atoms with Crippen LogP contribution in [0.2, 0.25) is 0 Å². The number of nitrogens with one attached hydrogen (secondary N) is 3. The largest absolute Gasteiger partial charge is 0.495 e. The number of nitrogens with zero attached hydrogens (tertiary/aromatic N) is 1. The summed E-state index contributed by atoms with van der Waals surface area (Å²) in [6.07, 6.45) is 0. The molecule has 0 fully saturated rings. The van der Waals surface area contributed by atoms with Gasteiger partial charge in [-0.2, -0.15) is 0 Å². The van der Waals surface area contributed by atoms with Crippen LogP contribution in [0.5, 0.6) is 5.75 Å². The van der Waals surface area contributed by atoms with Crippen molar-refractivity contribution in [3.8, 4) is 5.75 Å². The Morgan fingerprint density at radius 1 is 0.935 bits per heavy atom. The topological polar surface area (TPSA) is 119 Å². The first kappa shape index (κ1) is 21.9. The lowest BCUT2D eigenvalue weighted by Crippen LogP contribution is -2.42. The fourth-order valence-corrected chi connectivity index (χ4v) is 3.94. The molecule has 3 rings (SSSR count). The molecule has 10 heteroatoms. The first-order chi connectivity index (χ1) is 14.7. The molecule has 1 aromatic heterocycles. The first-order valence-corrected chi connectivity index (χ1v) is 10.7. The van der Waals surface area contributed by atoms with Crippen molar-refractivity contribution in [3.63, 3.8) is 0 Å². The van der Waals surface area contributed by atoms with Gasteiger partial charge in [0.2, 0.25) is 0 Å². The molecule has 0 aliphatic heterocycles. The van der Waals surface area contributed by atoms with Crippen molar-refractivity contribution in [1.29, 1.82) is 0 Å². The molecule has 2 aromatic carbocycles. The van der Waals surface area contributed by atoms with Crippen LogP contribution < -0.4 is 20.3 Å². The average Bonchev–Trinajstić information content (AvgIpc) is 3.10. The maximum atomic E-state index is 12.8. The van der Waals surface area contributed by atoms with Gasteiger partial charge in [-0.25, -0.2) is 8.42 Å². The minimum absolute atomic E-state index is 0.0614. The molecule has 0 aliphatic rings. The van der Waals surface area contributed by atoms with E-state index in [4.69, 9.17) is 4.74 Å². The molecule has 2 amide bonds. The van der Waals surface area contributed by atoms with Gasteiger partial charge in [0.1, 0.15) is 11.4 Å². The van der Waals surface area contributed by atoms with Crippen LogP contribution in [0.4, 0.5) is 5.69 Å². The van der Waals surface area contributed by atoms with E-state index in [0.717, 1.165) is 5.69 Å². The Labute approximate surface area is 180 Å². The highest BCUT2D eigenvalue weighted by atomic mass is 32.2. The summed E-state index contributed by atoms with van der Waals surface area (Å²) in [4.78, 5) is 24.6. The van der Waals surface area contributed by atoms with Crippen molar-refractivity contribution < 1.29 is 22.7 Å². The summed E-state index contributed by atoms with van der Waals surface area (Å²) in [5.41, 5.74) is 6.20. The van der Waals surface area contributed by atoms with E-state index < -0.39 is 21.8 Å².